The van der Waals surface area contributed by atoms with Gasteiger partial charge in [0.1, 0.15) is 45.9 Å². The number of pyridine rings is 1. The van der Waals surface area contributed by atoms with Crippen LogP contribution in [0, 0.1) is 35.4 Å². The van der Waals surface area contributed by atoms with Gasteiger partial charge in [-0.15, -0.1) is 0 Å². The summed E-state index contributed by atoms with van der Waals surface area (Å²) >= 11 is 7.00. The number of hydrogen-bond acceptors (Lipinski definition) is 8. The van der Waals surface area contributed by atoms with Gasteiger partial charge in [0, 0.05) is 16.9 Å². The molecule has 0 saturated carbocycles. The number of benzene rings is 2. The van der Waals surface area contributed by atoms with Crippen LogP contribution in [0.2, 0.25) is 5.02 Å². The first-order chi connectivity index (χ1) is 16.9. The van der Waals surface area contributed by atoms with Crippen LogP contribution in [-0.2, 0) is 5.75 Å². The highest BCUT2D eigenvalue weighted by Gasteiger charge is 2.22. The molecule has 2 N–H and O–H groups in total. The van der Waals surface area contributed by atoms with Crippen molar-refractivity contribution in [1.29, 1.82) is 10.5 Å². The summed E-state index contributed by atoms with van der Waals surface area (Å²) < 4.78 is 24.8. The van der Waals surface area contributed by atoms with E-state index in [1.165, 1.54) is 23.9 Å². The number of ether oxygens (including phenoxy) is 1. The maximum atomic E-state index is 13.9. The van der Waals surface area contributed by atoms with Crippen molar-refractivity contribution in [2.75, 3.05) is 12.8 Å². The van der Waals surface area contributed by atoms with Crippen LogP contribution in [0.4, 0.5) is 10.2 Å². The van der Waals surface area contributed by atoms with Crippen molar-refractivity contribution in [3.05, 3.63) is 75.9 Å². The van der Waals surface area contributed by atoms with E-state index in [0.717, 1.165) is 0 Å². The maximum absolute atomic E-state index is 13.9. The first-order valence-corrected chi connectivity index (χ1v) is 11.5. The van der Waals surface area contributed by atoms with Crippen LogP contribution in [0.1, 0.15) is 22.6 Å². The van der Waals surface area contributed by atoms with Gasteiger partial charge in [0.25, 0.3) is 0 Å². The predicted molar refractivity (Wildman–Crippen MR) is 131 cm³/mol. The molecule has 0 spiro atoms. The Kier molecular flexibility index (Phi) is 6.92. The topological polar surface area (TPSA) is 122 Å². The van der Waals surface area contributed by atoms with E-state index in [9.17, 15) is 14.9 Å². The molecule has 2 aromatic heterocycles. The van der Waals surface area contributed by atoms with Crippen molar-refractivity contribution < 1.29 is 13.5 Å². The number of anilines is 1. The normalized spacial score (nSPS) is 10.6. The van der Waals surface area contributed by atoms with Gasteiger partial charge in [-0.25, -0.2) is 14.4 Å². The summed E-state index contributed by atoms with van der Waals surface area (Å²) in [4.78, 5) is 8.79. The van der Waals surface area contributed by atoms with Crippen LogP contribution in [-0.4, -0.2) is 17.1 Å². The number of nitrogen functional groups attached to an aromatic ring is 1. The monoisotopic (exact) mass is 505 g/mol. The average Bonchev–Trinajstić information content (AvgIpc) is 3.24. The Morgan fingerprint density at radius 2 is 1.77 bits per heavy atom. The van der Waals surface area contributed by atoms with E-state index < -0.39 is 5.82 Å². The molecule has 0 aliphatic rings. The Hall–Kier alpha value is -4.05. The third-order valence-corrected chi connectivity index (χ3v) is 6.49. The summed E-state index contributed by atoms with van der Waals surface area (Å²) in [6.07, 6.45) is 0. The van der Waals surface area contributed by atoms with Gasteiger partial charge in [-0.05, 0) is 42.8 Å². The number of hydrogen-bond donors (Lipinski definition) is 1. The highest BCUT2D eigenvalue weighted by molar-refractivity contribution is 7.98. The number of methoxy groups -OCH3 is 1. The number of aryl methyl sites for hydroxylation is 1. The van der Waals surface area contributed by atoms with E-state index in [0.29, 0.717) is 44.7 Å². The average molecular weight is 506 g/mol. The third kappa shape index (κ3) is 4.78. The van der Waals surface area contributed by atoms with E-state index in [2.05, 4.69) is 22.1 Å². The van der Waals surface area contributed by atoms with Gasteiger partial charge >= 0.3 is 0 Å². The number of rotatable bonds is 6. The number of thioether (sulfide) groups is 1. The zero-order valence-corrected chi connectivity index (χ0v) is 20.2. The first kappa shape index (κ1) is 24.1. The van der Waals surface area contributed by atoms with Crippen LogP contribution >= 0.6 is 23.4 Å². The SMILES string of the molecule is COc1ccc(-c2c(C#N)c(N)nc(SCc3nc(-c4ccc(Cl)c(F)c4)oc3C)c2C#N)cc1. The largest absolute Gasteiger partial charge is 0.497 e. The van der Waals surface area contributed by atoms with Gasteiger partial charge in [-0.1, -0.05) is 35.5 Å². The number of aromatic nitrogens is 2. The molecule has 10 heteroatoms. The predicted octanol–water partition coefficient (Wildman–Crippen LogP) is 6.13. The molecule has 2 aromatic carbocycles. The molecule has 0 aliphatic heterocycles. The number of nitriles is 2. The van der Waals surface area contributed by atoms with Gasteiger partial charge in [-0.3, -0.25) is 0 Å². The Morgan fingerprint density at radius 3 is 2.40 bits per heavy atom. The molecule has 35 heavy (non-hydrogen) atoms. The second-order valence-corrected chi connectivity index (χ2v) is 8.69. The fraction of sp³-hybridized carbons (Fsp3) is 0.120. The van der Waals surface area contributed by atoms with Gasteiger partial charge in [0.2, 0.25) is 5.89 Å². The molecule has 0 unspecified atom stereocenters. The summed E-state index contributed by atoms with van der Waals surface area (Å²) in [5.74, 6) is 1.19. The molecule has 0 bridgehead atoms. The minimum absolute atomic E-state index is 0.00832. The molecule has 0 aliphatic carbocycles. The highest BCUT2D eigenvalue weighted by atomic mass is 35.5. The van der Waals surface area contributed by atoms with Crippen LogP contribution in [0.5, 0.6) is 5.75 Å². The zero-order valence-electron chi connectivity index (χ0n) is 18.6. The molecule has 7 nitrogen and oxygen atoms in total. The molecule has 2 heterocycles. The Bertz CT molecular complexity index is 1510. The number of oxazole rings is 1. The van der Waals surface area contributed by atoms with E-state index in [1.54, 1.807) is 44.4 Å². The van der Waals surface area contributed by atoms with Crippen LogP contribution in [0.25, 0.3) is 22.6 Å². The van der Waals surface area contributed by atoms with Crippen molar-refractivity contribution >= 4 is 29.2 Å². The van der Waals surface area contributed by atoms with Gasteiger partial charge in [0.15, 0.2) is 0 Å². The van der Waals surface area contributed by atoms with Gasteiger partial charge < -0.3 is 14.9 Å². The second kappa shape index (κ2) is 10.1. The Morgan fingerprint density at radius 1 is 1.09 bits per heavy atom. The van der Waals surface area contributed by atoms with Crippen molar-refractivity contribution in [2.45, 2.75) is 17.7 Å². The molecule has 0 amide bonds. The summed E-state index contributed by atoms with van der Waals surface area (Å²) in [5.41, 5.74) is 8.54. The Labute approximate surface area is 209 Å². The maximum Gasteiger partial charge on any atom is 0.226 e. The number of halogens is 2. The van der Waals surface area contributed by atoms with Gasteiger partial charge in [0.05, 0.1) is 23.4 Å². The minimum Gasteiger partial charge on any atom is -0.497 e. The lowest BCUT2D eigenvalue weighted by Gasteiger charge is -2.13. The molecular weight excluding hydrogens is 489 g/mol. The quantitative estimate of drug-likeness (QED) is 0.310. The smallest absolute Gasteiger partial charge is 0.226 e. The van der Waals surface area contributed by atoms with Crippen molar-refractivity contribution in [2.24, 2.45) is 0 Å². The second-order valence-electron chi connectivity index (χ2n) is 7.32. The molecule has 4 rings (SSSR count). The summed E-state index contributed by atoms with van der Waals surface area (Å²) in [6.45, 7) is 1.74. The molecule has 0 saturated heterocycles. The fourth-order valence-corrected chi connectivity index (χ4v) is 4.51. The molecule has 4 aromatic rings. The van der Waals surface area contributed by atoms with Crippen molar-refractivity contribution in [3.63, 3.8) is 0 Å². The van der Waals surface area contributed by atoms with E-state index in [4.69, 9.17) is 26.5 Å². The molecule has 0 fully saturated rings. The lowest BCUT2D eigenvalue weighted by Crippen LogP contribution is -2.03. The summed E-state index contributed by atoms with van der Waals surface area (Å²) in [6, 6.07) is 15.5. The fourth-order valence-electron chi connectivity index (χ4n) is 3.40. The van der Waals surface area contributed by atoms with E-state index in [1.807, 2.05) is 0 Å². The standard InChI is InChI=1S/C25H17ClFN5O2S/c1-13-21(31-24(34-13)15-5-8-19(26)20(27)9-15)12-35-25-18(11-29)22(17(10-28)23(30)32-25)14-3-6-16(33-2)7-4-14/h3-9H,12H2,1-2H3,(H2,30,32). The molecule has 0 atom stereocenters. The number of nitrogens with zero attached hydrogens (tertiary/aromatic N) is 4. The van der Waals surface area contributed by atoms with Crippen LogP contribution < -0.4 is 10.5 Å². The highest BCUT2D eigenvalue weighted by Crippen LogP contribution is 2.37. The van der Waals surface area contributed by atoms with E-state index >= 15 is 0 Å². The van der Waals surface area contributed by atoms with Gasteiger partial charge in [-0.2, -0.15) is 10.5 Å². The summed E-state index contributed by atoms with van der Waals surface area (Å²) in [5, 5.41) is 20.0. The third-order valence-electron chi connectivity index (χ3n) is 5.20. The lowest BCUT2D eigenvalue weighted by atomic mass is 9.97. The number of nitrogens with two attached hydrogens (primary N) is 1. The lowest BCUT2D eigenvalue weighted by molar-refractivity contribution is 0.415. The summed E-state index contributed by atoms with van der Waals surface area (Å²) in [7, 11) is 1.55. The Balaban J connectivity index is 1.69. The van der Waals surface area contributed by atoms with Crippen molar-refractivity contribution in [1.82, 2.24) is 9.97 Å². The molecular formula is C25H17ClFN5O2S. The molecule has 0 radical (unpaired) electrons. The van der Waals surface area contributed by atoms with Crippen LogP contribution in [0.15, 0.2) is 51.9 Å². The van der Waals surface area contributed by atoms with Crippen LogP contribution in [0.3, 0.4) is 0 Å². The molecule has 174 valence electrons. The first-order valence-electron chi connectivity index (χ1n) is 10.2. The van der Waals surface area contributed by atoms with Crippen molar-refractivity contribution in [3.8, 4) is 40.5 Å². The zero-order chi connectivity index (χ0) is 25.1. The van der Waals surface area contributed by atoms with E-state index in [-0.39, 0.29) is 27.9 Å². The minimum atomic E-state index is -0.571.